The molecule has 1 N–H and O–H groups in total. The molecule has 1 aromatic rings. The Morgan fingerprint density at radius 2 is 1.85 bits per heavy atom. The molecule has 0 aliphatic rings. The number of halogens is 1. The number of rotatable bonds is 7. The summed E-state index contributed by atoms with van der Waals surface area (Å²) in [7, 11) is 4.07. The van der Waals surface area contributed by atoms with Crippen LogP contribution >= 0.6 is 0 Å². The molecule has 114 valence electrons. The monoisotopic (exact) mass is 282 g/mol. The van der Waals surface area contributed by atoms with Gasteiger partial charge in [0.05, 0.1) is 6.10 Å². The second kappa shape index (κ2) is 7.60. The van der Waals surface area contributed by atoms with Crippen LogP contribution in [-0.4, -0.2) is 43.7 Å². The van der Waals surface area contributed by atoms with Crippen LogP contribution in [0.1, 0.15) is 37.5 Å². The number of benzene rings is 1. The first kappa shape index (κ1) is 16.9. The Labute approximate surface area is 122 Å². The highest BCUT2D eigenvalue weighted by Crippen LogP contribution is 2.29. The summed E-state index contributed by atoms with van der Waals surface area (Å²) in [6.07, 6.45) is 0.349. The molecule has 20 heavy (non-hydrogen) atoms. The van der Waals surface area contributed by atoms with Crippen molar-refractivity contribution in [3.63, 3.8) is 0 Å². The first-order valence-electron chi connectivity index (χ1n) is 7.24. The lowest BCUT2D eigenvalue weighted by atomic mass is 10.0. The SMILES string of the molecule is CCCN(CCN(C)C)c1cc(C)c(F)cc1C(C)O. The van der Waals surface area contributed by atoms with Crippen LogP contribution in [0.25, 0.3) is 0 Å². The third kappa shape index (κ3) is 4.46. The van der Waals surface area contributed by atoms with E-state index in [1.807, 2.05) is 20.2 Å². The van der Waals surface area contributed by atoms with Crippen molar-refractivity contribution in [3.05, 3.63) is 29.1 Å². The topological polar surface area (TPSA) is 26.7 Å². The molecule has 1 rings (SSSR count). The van der Waals surface area contributed by atoms with Crippen molar-refractivity contribution in [1.29, 1.82) is 0 Å². The van der Waals surface area contributed by atoms with Crippen molar-refractivity contribution in [2.75, 3.05) is 38.6 Å². The fraction of sp³-hybridized carbons (Fsp3) is 0.625. The van der Waals surface area contributed by atoms with Gasteiger partial charge in [0.1, 0.15) is 5.82 Å². The van der Waals surface area contributed by atoms with E-state index in [0.717, 1.165) is 31.7 Å². The standard InChI is InChI=1S/C16H27FN2O/c1-6-7-19(9-8-18(4)5)16-10-12(2)15(17)11-14(16)13(3)20/h10-11,13,20H,6-9H2,1-5H3. The van der Waals surface area contributed by atoms with Crippen molar-refractivity contribution >= 4 is 5.69 Å². The number of anilines is 1. The molecule has 4 heteroatoms. The second-order valence-corrected chi connectivity index (χ2v) is 5.63. The second-order valence-electron chi connectivity index (χ2n) is 5.63. The van der Waals surface area contributed by atoms with Gasteiger partial charge in [0.25, 0.3) is 0 Å². The lowest BCUT2D eigenvalue weighted by Crippen LogP contribution is -2.33. The maximum absolute atomic E-state index is 13.7. The molecule has 0 radical (unpaired) electrons. The molecular weight excluding hydrogens is 255 g/mol. The van der Waals surface area contributed by atoms with E-state index >= 15 is 0 Å². The van der Waals surface area contributed by atoms with E-state index in [1.165, 1.54) is 6.07 Å². The molecule has 1 unspecified atom stereocenters. The summed E-state index contributed by atoms with van der Waals surface area (Å²) in [5.41, 5.74) is 2.23. The van der Waals surface area contributed by atoms with Crippen LogP contribution < -0.4 is 4.90 Å². The molecule has 0 aliphatic carbocycles. The smallest absolute Gasteiger partial charge is 0.126 e. The summed E-state index contributed by atoms with van der Waals surface area (Å²) in [6.45, 7) is 8.27. The van der Waals surface area contributed by atoms with E-state index in [9.17, 15) is 9.50 Å². The number of aliphatic hydroxyl groups is 1. The van der Waals surface area contributed by atoms with Crippen molar-refractivity contribution < 1.29 is 9.50 Å². The largest absolute Gasteiger partial charge is 0.389 e. The van der Waals surface area contributed by atoms with Crippen LogP contribution in [0, 0.1) is 12.7 Å². The van der Waals surface area contributed by atoms with Crippen molar-refractivity contribution in [3.8, 4) is 0 Å². The van der Waals surface area contributed by atoms with Crippen molar-refractivity contribution in [2.45, 2.75) is 33.3 Å². The number of aryl methyl sites for hydroxylation is 1. The molecular formula is C16H27FN2O. The quantitative estimate of drug-likeness (QED) is 0.833. The van der Waals surface area contributed by atoms with Crippen LogP contribution in [0.4, 0.5) is 10.1 Å². The highest BCUT2D eigenvalue weighted by molar-refractivity contribution is 5.56. The van der Waals surface area contributed by atoms with Gasteiger partial charge in [0.2, 0.25) is 0 Å². The Hall–Kier alpha value is -1.13. The minimum absolute atomic E-state index is 0.256. The maximum atomic E-state index is 13.7. The van der Waals surface area contributed by atoms with Gasteiger partial charge in [-0.25, -0.2) is 4.39 Å². The van der Waals surface area contributed by atoms with E-state index in [1.54, 1.807) is 13.8 Å². The number of aliphatic hydroxyl groups excluding tert-OH is 1. The van der Waals surface area contributed by atoms with E-state index in [4.69, 9.17) is 0 Å². The number of likely N-dealkylation sites (N-methyl/N-ethyl adjacent to an activating group) is 1. The molecule has 0 heterocycles. The first-order chi connectivity index (χ1) is 9.36. The van der Waals surface area contributed by atoms with Crippen LogP contribution in [0.15, 0.2) is 12.1 Å². The van der Waals surface area contributed by atoms with E-state index in [0.29, 0.717) is 11.1 Å². The minimum atomic E-state index is -0.668. The lowest BCUT2D eigenvalue weighted by Gasteiger charge is -2.29. The third-order valence-electron chi connectivity index (χ3n) is 3.41. The van der Waals surface area contributed by atoms with Crippen molar-refractivity contribution in [2.24, 2.45) is 0 Å². The number of nitrogens with zero attached hydrogens (tertiary/aromatic N) is 2. The Morgan fingerprint density at radius 3 is 2.35 bits per heavy atom. The van der Waals surface area contributed by atoms with Crippen LogP contribution in [0.5, 0.6) is 0 Å². The lowest BCUT2D eigenvalue weighted by molar-refractivity contribution is 0.199. The van der Waals surface area contributed by atoms with Gasteiger partial charge in [-0.15, -0.1) is 0 Å². The summed E-state index contributed by atoms with van der Waals surface area (Å²) < 4.78 is 13.7. The Morgan fingerprint density at radius 1 is 1.20 bits per heavy atom. The predicted octanol–water partition coefficient (Wildman–Crippen LogP) is 2.97. The van der Waals surface area contributed by atoms with Gasteiger partial charge in [-0.05, 0) is 52.1 Å². The van der Waals surface area contributed by atoms with Gasteiger partial charge < -0.3 is 14.9 Å². The van der Waals surface area contributed by atoms with Gasteiger partial charge in [0.15, 0.2) is 0 Å². The molecule has 0 spiro atoms. The van der Waals surface area contributed by atoms with Gasteiger partial charge in [-0.3, -0.25) is 0 Å². The maximum Gasteiger partial charge on any atom is 0.126 e. The normalized spacial score (nSPS) is 12.8. The van der Waals surface area contributed by atoms with Gasteiger partial charge in [-0.2, -0.15) is 0 Å². The highest BCUT2D eigenvalue weighted by atomic mass is 19.1. The Balaban J connectivity index is 3.13. The molecule has 1 aromatic carbocycles. The summed E-state index contributed by atoms with van der Waals surface area (Å²) in [4.78, 5) is 4.36. The Kier molecular flexibility index (Phi) is 6.43. The average molecular weight is 282 g/mol. The highest BCUT2D eigenvalue weighted by Gasteiger charge is 2.16. The average Bonchev–Trinajstić information content (AvgIpc) is 2.37. The zero-order chi connectivity index (χ0) is 15.3. The van der Waals surface area contributed by atoms with Crippen LogP contribution in [-0.2, 0) is 0 Å². The van der Waals surface area contributed by atoms with Crippen LogP contribution in [0.3, 0.4) is 0 Å². The zero-order valence-electron chi connectivity index (χ0n) is 13.3. The van der Waals surface area contributed by atoms with E-state index in [2.05, 4.69) is 16.7 Å². The molecule has 0 aliphatic heterocycles. The number of hydrogen-bond donors (Lipinski definition) is 1. The summed E-state index contributed by atoms with van der Waals surface area (Å²) in [5.74, 6) is -0.256. The fourth-order valence-corrected chi connectivity index (χ4v) is 2.23. The molecule has 0 fully saturated rings. The van der Waals surface area contributed by atoms with Gasteiger partial charge in [0, 0.05) is 30.9 Å². The van der Waals surface area contributed by atoms with Crippen molar-refractivity contribution in [1.82, 2.24) is 4.90 Å². The summed E-state index contributed by atoms with van der Waals surface area (Å²) in [5, 5.41) is 9.91. The summed E-state index contributed by atoms with van der Waals surface area (Å²) >= 11 is 0. The molecule has 0 saturated carbocycles. The van der Waals surface area contributed by atoms with Gasteiger partial charge >= 0.3 is 0 Å². The predicted molar refractivity (Wildman–Crippen MR) is 82.8 cm³/mol. The third-order valence-corrected chi connectivity index (χ3v) is 3.41. The molecule has 0 bridgehead atoms. The summed E-state index contributed by atoms with van der Waals surface area (Å²) in [6, 6.07) is 3.32. The molecule has 0 amide bonds. The first-order valence-corrected chi connectivity index (χ1v) is 7.24. The van der Waals surface area contributed by atoms with E-state index in [-0.39, 0.29) is 5.82 Å². The fourth-order valence-electron chi connectivity index (χ4n) is 2.23. The Bertz CT molecular complexity index is 433. The molecule has 0 saturated heterocycles. The van der Waals surface area contributed by atoms with Crippen LogP contribution in [0.2, 0.25) is 0 Å². The number of hydrogen-bond acceptors (Lipinski definition) is 3. The minimum Gasteiger partial charge on any atom is -0.389 e. The molecule has 0 aromatic heterocycles. The zero-order valence-corrected chi connectivity index (χ0v) is 13.3. The van der Waals surface area contributed by atoms with Gasteiger partial charge in [-0.1, -0.05) is 6.92 Å². The molecule has 1 atom stereocenters. The molecule has 3 nitrogen and oxygen atoms in total. The van der Waals surface area contributed by atoms with E-state index < -0.39 is 6.10 Å².